The molecule has 2 aromatic rings. The van der Waals surface area contributed by atoms with Crippen LogP contribution in [0.15, 0.2) is 54.6 Å². The van der Waals surface area contributed by atoms with Gasteiger partial charge < -0.3 is 15.6 Å². The number of unbranched alkanes of at least 4 members (excludes halogenated alkanes) is 1. The molecule has 0 aliphatic heterocycles. The molecule has 118 valence electrons. The number of nitrogens with two attached hydrogens (primary N) is 1. The van der Waals surface area contributed by atoms with Gasteiger partial charge in [0.05, 0.1) is 12.1 Å². The number of ether oxygens (including phenoxy) is 1. The molecule has 0 amide bonds. The Bertz CT molecular complexity index is 556. The molecule has 0 aromatic heterocycles. The van der Waals surface area contributed by atoms with Crippen molar-refractivity contribution in [2.45, 2.75) is 44.9 Å². The minimum atomic E-state index is -0.540. The molecule has 3 N–H and O–H groups in total. The van der Waals surface area contributed by atoms with Crippen molar-refractivity contribution in [3.05, 3.63) is 65.7 Å². The Labute approximate surface area is 132 Å². The van der Waals surface area contributed by atoms with E-state index in [0.717, 1.165) is 29.7 Å². The summed E-state index contributed by atoms with van der Waals surface area (Å²) in [5.74, 6) is 0.745. The van der Waals surface area contributed by atoms with E-state index < -0.39 is 12.1 Å². The van der Waals surface area contributed by atoms with E-state index >= 15 is 0 Å². The second kappa shape index (κ2) is 8.57. The molecule has 0 heterocycles. The fraction of sp³-hybridized carbons (Fsp3) is 0.368. The summed E-state index contributed by atoms with van der Waals surface area (Å²) >= 11 is 0. The molecular weight excluding hydrogens is 274 g/mol. The van der Waals surface area contributed by atoms with Crippen molar-refractivity contribution >= 4 is 0 Å². The van der Waals surface area contributed by atoms with Gasteiger partial charge in [0.15, 0.2) is 0 Å². The lowest BCUT2D eigenvalue weighted by atomic mass is 9.97. The molecule has 0 saturated heterocycles. The maximum absolute atomic E-state index is 10.2. The van der Waals surface area contributed by atoms with Gasteiger partial charge in [0.1, 0.15) is 12.4 Å². The van der Waals surface area contributed by atoms with Gasteiger partial charge in [0, 0.05) is 5.56 Å². The molecule has 22 heavy (non-hydrogen) atoms. The lowest BCUT2D eigenvalue weighted by Crippen LogP contribution is -2.26. The molecule has 3 nitrogen and oxygen atoms in total. The lowest BCUT2D eigenvalue weighted by Gasteiger charge is -2.21. The molecule has 3 heteroatoms. The molecule has 0 radical (unpaired) electrons. The van der Waals surface area contributed by atoms with E-state index in [1.165, 1.54) is 0 Å². The highest BCUT2D eigenvalue weighted by molar-refractivity contribution is 5.36. The van der Waals surface area contributed by atoms with Crippen molar-refractivity contribution in [1.82, 2.24) is 0 Å². The van der Waals surface area contributed by atoms with Crippen LogP contribution in [0.25, 0.3) is 0 Å². The van der Waals surface area contributed by atoms with Crippen molar-refractivity contribution < 1.29 is 9.84 Å². The molecule has 2 atom stereocenters. The Kier molecular flexibility index (Phi) is 6.44. The van der Waals surface area contributed by atoms with Crippen LogP contribution in [0.1, 0.15) is 43.4 Å². The van der Waals surface area contributed by atoms with E-state index in [9.17, 15) is 5.11 Å². The smallest absolute Gasteiger partial charge is 0.124 e. The van der Waals surface area contributed by atoms with Crippen LogP contribution in [0.4, 0.5) is 0 Å². The second-order valence-corrected chi connectivity index (χ2v) is 5.55. The van der Waals surface area contributed by atoms with Crippen LogP contribution < -0.4 is 10.5 Å². The van der Waals surface area contributed by atoms with Crippen LogP contribution in [-0.2, 0) is 6.61 Å². The predicted molar refractivity (Wildman–Crippen MR) is 89.7 cm³/mol. The first-order valence-corrected chi connectivity index (χ1v) is 7.91. The Morgan fingerprint density at radius 2 is 1.73 bits per heavy atom. The van der Waals surface area contributed by atoms with Gasteiger partial charge in [-0.15, -0.1) is 0 Å². The SMILES string of the molecule is CCCC[C@@H](O)[C@@H](N)c1ccccc1OCc1ccccc1. The van der Waals surface area contributed by atoms with Crippen LogP contribution in [0, 0.1) is 0 Å². The molecular formula is C19H25NO2. The standard InChI is InChI=1S/C19H25NO2/c1-2-3-12-17(21)19(20)16-11-7-8-13-18(16)22-14-15-9-5-4-6-10-15/h4-11,13,17,19,21H,2-3,12,14,20H2,1H3/t17-,19+/m1/s1. The summed E-state index contributed by atoms with van der Waals surface area (Å²) in [7, 11) is 0. The van der Waals surface area contributed by atoms with E-state index in [0.29, 0.717) is 13.0 Å². The highest BCUT2D eigenvalue weighted by Gasteiger charge is 2.19. The van der Waals surface area contributed by atoms with Crippen LogP contribution in [0.5, 0.6) is 5.75 Å². The van der Waals surface area contributed by atoms with E-state index in [1.54, 1.807) is 0 Å². The molecule has 0 aliphatic carbocycles. The topological polar surface area (TPSA) is 55.5 Å². The summed E-state index contributed by atoms with van der Waals surface area (Å²) in [6.45, 7) is 2.60. The first-order chi connectivity index (χ1) is 10.7. The fourth-order valence-electron chi connectivity index (χ4n) is 2.42. The molecule has 0 spiro atoms. The predicted octanol–water partition coefficient (Wildman–Crippen LogP) is 3.82. The van der Waals surface area contributed by atoms with Crippen LogP contribution in [0.3, 0.4) is 0 Å². The third-order valence-corrected chi connectivity index (χ3v) is 3.78. The number of benzene rings is 2. The zero-order valence-electron chi connectivity index (χ0n) is 13.1. The van der Waals surface area contributed by atoms with Crippen LogP contribution in [-0.4, -0.2) is 11.2 Å². The van der Waals surface area contributed by atoms with Gasteiger partial charge in [-0.05, 0) is 18.1 Å². The molecule has 0 aliphatic rings. The number of hydrogen-bond acceptors (Lipinski definition) is 3. The van der Waals surface area contributed by atoms with Crippen molar-refractivity contribution in [3.8, 4) is 5.75 Å². The van der Waals surface area contributed by atoms with Gasteiger partial charge in [0.25, 0.3) is 0 Å². The van der Waals surface area contributed by atoms with Gasteiger partial charge in [0.2, 0.25) is 0 Å². The fourth-order valence-corrected chi connectivity index (χ4v) is 2.42. The summed E-state index contributed by atoms with van der Waals surface area (Å²) in [4.78, 5) is 0. The maximum Gasteiger partial charge on any atom is 0.124 e. The summed E-state index contributed by atoms with van der Waals surface area (Å²) in [5, 5.41) is 10.2. The van der Waals surface area contributed by atoms with Gasteiger partial charge in [-0.2, -0.15) is 0 Å². The van der Waals surface area contributed by atoms with E-state index in [1.807, 2.05) is 54.6 Å². The monoisotopic (exact) mass is 299 g/mol. The molecule has 0 bridgehead atoms. The van der Waals surface area contributed by atoms with Gasteiger partial charge in [-0.1, -0.05) is 68.3 Å². The van der Waals surface area contributed by atoms with Crippen LogP contribution in [0.2, 0.25) is 0 Å². The zero-order chi connectivity index (χ0) is 15.8. The normalized spacial score (nSPS) is 13.6. The third-order valence-electron chi connectivity index (χ3n) is 3.78. The number of para-hydroxylation sites is 1. The van der Waals surface area contributed by atoms with E-state index in [4.69, 9.17) is 10.5 Å². The third kappa shape index (κ3) is 4.58. The molecule has 2 aromatic carbocycles. The van der Waals surface area contributed by atoms with E-state index in [-0.39, 0.29) is 0 Å². The van der Waals surface area contributed by atoms with Crippen molar-refractivity contribution in [3.63, 3.8) is 0 Å². The maximum atomic E-state index is 10.2. The van der Waals surface area contributed by atoms with Crippen molar-refractivity contribution in [2.75, 3.05) is 0 Å². The Hall–Kier alpha value is -1.84. The minimum Gasteiger partial charge on any atom is -0.489 e. The van der Waals surface area contributed by atoms with Crippen molar-refractivity contribution in [2.24, 2.45) is 5.73 Å². The number of aliphatic hydroxyl groups excluding tert-OH is 1. The summed E-state index contributed by atoms with van der Waals surface area (Å²) in [6, 6.07) is 17.3. The minimum absolute atomic E-state index is 0.418. The molecule has 0 saturated carbocycles. The van der Waals surface area contributed by atoms with E-state index in [2.05, 4.69) is 6.92 Å². The first kappa shape index (κ1) is 16.5. The Balaban J connectivity index is 2.06. The quantitative estimate of drug-likeness (QED) is 0.779. The van der Waals surface area contributed by atoms with Crippen LogP contribution >= 0.6 is 0 Å². The highest BCUT2D eigenvalue weighted by Crippen LogP contribution is 2.28. The summed E-state index contributed by atoms with van der Waals surface area (Å²) in [5.41, 5.74) is 8.19. The Morgan fingerprint density at radius 3 is 2.45 bits per heavy atom. The summed E-state index contributed by atoms with van der Waals surface area (Å²) < 4.78 is 5.91. The lowest BCUT2D eigenvalue weighted by molar-refractivity contribution is 0.130. The Morgan fingerprint density at radius 1 is 1.05 bits per heavy atom. The number of aliphatic hydroxyl groups is 1. The summed E-state index contributed by atoms with van der Waals surface area (Å²) in [6.07, 6.45) is 2.20. The number of rotatable bonds is 8. The molecule has 0 fully saturated rings. The second-order valence-electron chi connectivity index (χ2n) is 5.55. The van der Waals surface area contributed by atoms with Crippen molar-refractivity contribution in [1.29, 1.82) is 0 Å². The molecule has 0 unspecified atom stereocenters. The average molecular weight is 299 g/mol. The number of hydrogen-bond donors (Lipinski definition) is 2. The van der Waals surface area contributed by atoms with Gasteiger partial charge in [-0.25, -0.2) is 0 Å². The highest BCUT2D eigenvalue weighted by atomic mass is 16.5. The van der Waals surface area contributed by atoms with Gasteiger partial charge >= 0.3 is 0 Å². The zero-order valence-corrected chi connectivity index (χ0v) is 13.1. The van der Waals surface area contributed by atoms with Gasteiger partial charge in [-0.3, -0.25) is 0 Å². The molecule has 2 rings (SSSR count). The first-order valence-electron chi connectivity index (χ1n) is 7.91. The average Bonchev–Trinajstić information content (AvgIpc) is 2.58. The largest absolute Gasteiger partial charge is 0.489 e.